The lowest BCUT2D eigenvalue weighted by atomic mass is 10.6. The topological polar surface area (TPSA) is 116 Å². The number of quaternary nitrogens is 1. The Kier molecular flexibility index (Phi) is 3.05. The van der Waals surface area contributed by atoms with E-state index in [1.54, 1.807) is 0 Å². The molecule has 7 heteroatoms. The minimum absolute atomic E-state index is 0. The second-order valence-electron chi connectivity index (χ2n) is 1.58. The van der Waals surface area contributed by atoms with E-state index in [1.165, 1.54) is 18.4 Å². The number of nitrogens with one attached hydrogen (secondary N) is 2. The van der Waals surface area contributed by atoms with Crippen molar-refractivity contribution in [3.63, 3.8) is 0 Å². The average molecular weight is 179 g/mol. The average Bonchev–Trinajstić information content (AvgIpc) is 1.88. The normalized spacial score (nSPS) is 15.5. The molecule has 0 saturated heterocycles. The van der Waals surface area contributed by atoms with Crippen molar-refractivity contribution in [3.05, 3.63) is 28.6 Å². The monoisotopic (exact) mass is 179 g/mol. The first-order valence-electron chi connectivity index (χ1n) is 2.39. The summed E-state index contributed by atoms with van der Waals surface area (Å²) < 4.78 is 20.8. The molecule has 1 aliphatic heterocycles. The Morgan fingerprint density at radius 2 is 2.18 bits per heavy atom. The van der Waals surface area contributed by atoms with Crippen molar-refractivity contribution in [2.45, 2.75) is 0 Å². The summed E-state index contributed by atoms with van der Waals surface area (Å²) in [6.07, 6.45) is 3.90. The van der Waals surface area contributed by atoms with Crippen LogP contribution in [0.2, 0.25) is 0 Å². The van der Waals surface area contributed by atoms with Crippen LogP contribution in [-0.2, 0) is 14.9 Å². The molecule has 6 N–H and O–H groups in total. The molecule has 0 atom stereocenters. The molecular formula is C4H9N3O3S. The first kappa shape index (κ1) is 9.95. The summed E-state index contributed by atoms with van der Waals surface area (Å²) in [6.45, 7) is 0. The van der Waals surface area contributed by atoms with Crippen LogP contribution in [0, 0.1) is 0 Å². The number of allylic oxidation sites excluding steroid dienone is 2. The molecule has 0 unspecified atom stereocenters. The Morgan fingerprint density at radius 3 is 2.45 bits per heavy atom. The Balaban J connectivity index is 0.000001000. The van der Waals surface area contributed by atoms with Crippen LogP contribution in [0.15, 0.2) is 23.4 Å². The summed E-state index contributed by atoms with van der Waals surface area (Å²) in [4.78, 5) is 4.41. The van der Waals surface area contributed by atoms with Crippen LogP contribution in [0.1, 0.15) is 0 Å². The highest BCUT2D eigenvalue weighted by Gasteiger charge is 2.05. The molecule has 1 rings (SSSR count). The largest absolute Gasteiger partial charge is 0.558 e. The van der Waals surface area contributed by atoms with E-state index < -0.39 is 10.0 Å². The van der Waals surface area contributed by atoms with Crippen molar-refractivity contribution < 1.29 is 13.3 Å². The first-order chi connectivity index (χ1) is 4.61. The Bertz CT molecular complexity index is 279. The molecule has 1 aliphatic rings. The van der Waals surface area contributed by atoms with Crippen LogP contribution in [0.5, 0.6) is 0 Å². The number of sulfonamides is 1. The third-order valence-electron chi connectivity index (χ3n) is 0.843. The van der Waals surface area contributed by atoms with Crippen LogP contribution in [0.4, 0.5) is 0 Å². The highest BCUT2D eigenvalue weighted by Crippen LogP contribution is 2.06. The van der Waals surface area contributed by atoms with Gasteiger partial charge in [-0.25, -0.2) is 13.9 Å². The minimum atomic E-state index is -3.90. The highest BCUT2D eigenvalue weighted by atomic mass is 32.2. The van der Waals surface area contributed by atoms with Crippen LogP contribution >= 0.6 is 0 Å². The zero-order valence-corrected chi connectivity index (χ0v) is 6.68. The molecular weight excluding hydrogens is 170 g/mol. The molecule has 0 saturated carbocycles. The fourth-order valence-corrected chi connectivity index (χ4v) is 0.852. The molecule has 64 valence electrons. The van der Waals surface area contributed by atoms with E-state index in [0.29, 0.717) is 0 Å². The second-order valence-corrected chi connectivity index (χ2v) is 3.03. The maximum absolute atomic E-state index is 10.4. The molecule has 0 bridgehead atoms. The van der Waals surface area contributed by atoms with Gasteiger partial charge in [-0.2, -0.15) is 0 Å². The van der Waals surface area contributed by atoms with Crippen LogP contribution in [0.3, 0.4) is 0 Å². The van der Waals surface area contributed by atoms with E-state index in [4.69, 9.17) is 5.14 Å². The van der Waals surface area contributed by atoms with Gasteiger partial charge < -0.3 is 16.1 Å². The third-order valence-corrected chi connectivity index (χ3v) is 1.64. The molecule has 0 radical (unpaired) electrons. The Morgan fingerprint density at radius 1 is 1.55 bits per heavy atom. The lowest BCUT2D eigenvalue weighted by molar-refractivity contribution is 0.167. The highest BCUT2D eigenvalue weighted by molar-refractivity contribution is 7.96. The molecule has 0 aromatic rings. The summed E-state index contributed by atoms with van der Waals surface area (Å²) in [5.41, 5.74) is 2.06. The molecule has 0 fully saturated rings. The van der Waals surface area contributed by atoms with Gasteiger partial charge in [-0.15, -0.1) is 0 Å². The zero-order valence-electron chi connectivity index (χ0n) is 5.87. The summed E-state index contributed by atoms with van der Waals surface area (Å²) in [7, 11) is -3.90. The van der Waals surface area contributed by atoms with Crippen molar-refractivity contribution in [3.8, 4) is 0 Å². The molecule has 0 aromatic carbocycles. The van der Waals surface area contributed by atoms with Crippen LogP contribution in [0.25, 0.3) is 5.14 Å². The van der Waals surface area contributed by atoms with Gasteiger partial charge in [0.05, 0.1) is 0 Å². The maximum Gasteiger partial charge on any atom is 0.145 e. The lowest BCUT2D eigenvalue weighted by Crippen LogP contribution is -2.18. The molecule has 6 nitrogen and oxygen atoms in total. The standard InChI is InChI=1S/C4H5N2O3S.H3N/c5-10(7,8)4-2-1-3-9-6-4;/h1-3,6H,(H-,5,7,8);1H3/q-1;/p+1. The van der Waals surface area contributed by atoms with Crippen LogP contribution in [-0.4, -0.2) is 8.42 Å². The van der Waals surface area contributed by atoms with Crippen molar-refractivity contribution in [2.75, 3.05) is 0 Å². The van der Waals surface area contributed by atoms with Gasteiger partial charge in [0.15, 0.2) is 0 Å². The van der Waals surface area contributed by atoms with E-state index in [0.717, 1.165) is 0 Å². The predicted octanol–water partition coefficient (Wildman–Crippen LogP) is 0.634. The van der Waals surface area contributed by atoms with Gasteiger partial charge in [-0.05, 0) is 12.2 Å². The minimum Gasteiger partial charge on any atom is -0.558 e. The van der Waals surface area contributed by atoms with Gasteiger partial charge in [-0.3, -0.25) is 0 Å². The lowest BCUT2D eigenvalue weighted by Gasteiger charge is -2.13. The van der Waals surface area contributed by atoms with Gasteiger partial charge >= 0.3 is 0 Å². The van der Waals surface area contributed by atoms with Gasteiger partial charge in [0.25, 0.3) is 0 Å². The number of hydroxylamine groups is 1. The van der Waals surface area contributed by atoms with E-state index in [9.17, 15) is 8.42 Å². The molecule has 0 aliphatic carbocycles. The van der Waals surface area contributed by atoms with Crippen molar-refractivity contribution >= 4 is 10.0 Å². The van der Waals surface area contributed by atoms with Gasteiger partial charge in [-0.1, -0.05) is 0 Å². The maximum atomic E-state index is 10.4. The summed E-state index contributed by atoms with van der Waals surface area (Å²) in [5, 5.41) is 6.30. The van der Waals surface area contributed by atoms with E-state index in [2.05, 4.69) is 10.3 Å². The number of rotatable bonds is 1. The van der Waals surface area contributed by atoms with Gasteiger partial charge in [0.1, 0.15) is 21.3 Å². The van der Waals surface area contributed by atoms with E-state index in [-0.39, 0.29) is 11.2 Å². The Hall–Kier alpha value is -1.05. The van der Waals surface area contributed by atoms with Gasteiger partial charge in [0, 0.05) is 0 Å². The Labute approximate surface area is 64.3 Å². The molecule has 0 amide bonds. The van der Waals surface area contributed by atoms with Crippen molar-refractivity contribution in [1.82, 2.24) is 11.6 Å². The molecule has 1 heterocycles. The predicted molar refractivity (Wildman–Crippen MR) is 40.7 cm³/mol. The van der Waals surface area contributed by atoms with Crippen molar-refractivity contribution in [2.24, 2.45) is 0 Å². The van der Waals surface area contributed by atoms with Gasteiger partial charge in [0.2, 0.25) is 0 Å². The summed E-state index contributed by atoms with van der Waals surface area (Å²) >= 11 is 0. The second kappa shape index (κ2) is 3.37. The zero-order chi connectivity index (χ0) is 7.61. The smallest absolute Gasteiger partial charge is 0.145 e. The number of hydrogen-bond donors (Lipinski definition) is 2. The molecule has 0 aromatic heterocycles. The van der Waals surface area contributed by atoms with E-state index >= 15 is 0 Å². The van der Waals surface area contributed by atoms with E-state index in [1.807, 2.05) is 0 Å². The first-order valence-corrected chi connectivity index (χ1v) is 3.87. The molecule has 11 heavy (non-hydrogen) atoms. The summed E-state index contributed by atoms with van der Waals surface area (Å²) in [6, 6.07) is 0. The van der Waals surface area contributed by atoms with Crippen LogP contribution < -0.4 is 11.6 Å². The summed E-state index contributed by atoms with van der Waals surface area (Å²) in [5.74, 6) is 0. The number of hydrogen-bond acceptors (Lipinski definition) is 4. The molecule has 0 spiro atoms. The SMILES string of the molecule is [NH-]S(=O)(=O)C1=CC=CON1.[NH4+]. The fourth-order valence-electron chi connectivity index (χ4n) is 0.437. The van der Waals surface area contributed by atoms with Crippen molar-refractivity contribution in [1.29, 1.82) is 0 Å². The third kappa shape index (κ3) is 2.58. The fraction of sp³-hybridized carbons (Fsp3) is 0. The quantitative estimate of drug-likeness (QED) is 0.614.